The first kappa shape index (κ1) is 15.5. The van der Waals surface area contributed by atoms with E-state index in [1.807, 2.05) is 0 Å². The molecule has 2 nitrogen and oxygen atoms in total. The molecule has 1 aromatic rings. The van der Waals surface area contributed by atoms with E-state index in [1.165, 1.54) is 49.9 Å². The van der Waals surface area contributed by atoms with Gasteiger partial charge in [-0.05, 0) is 49.5 Å². The van der Waals surface area contributed by atoms with E-state index in [-0.39, 0.29) is 0 Å². The van der Waals surface area contributed by atoms with Crippen LogP contribution >= 0.6 is 0 Å². The Balaban J connectivity index is 1.76. The molecule has 1 N–H and O–H groups in total. The standard InChI is InChI=1S/C18H30N2/c1-3-5-16-10-12-20(13-11-16)15-18-8-6-17(7-9-18)14-19-4-2/h6-9,16,19H,3-5,10-15H2,1-2H3. The Morgan fingerprint density at radius 3 is 2.30 bits per heavy atom. The Labute approximate surface area is 124 Å². The normalized spacial score (nSPS) is 17.5. The quantitative estimate of drug-likeness (QED) is 0.813. The van der Waals surface area contributed by atoms with Gasteiger partial charge in [-0.15, -0.1) is 0 Å². The number of hydrogen-bond acceptors (Lipinski definition) is 2. The van der Waals surface area contributed by atoms with Gasteiger partial charge in [0.15, 0.2) is 0 Å². The van der Waals surface area contributed by atoms with Crippen molar-refractivity contribution < 1.29 is 0 Å². The number of hydrogen-bond donors (Lipinski definition) is 1. The van der Waals surface area contributed by atoms with Crippen molar-refractivity contribution in [3.05, 3.63) is 35.4 Å². The number of rotatable bonds is 7. The smallest absolute Gasteiger partial charge is 0.0233 e. The van der Waals surface area contributed by atoms with Crippen LogP contribution in [0.3, 0.4) is 0 Å². The second-order valence-corrected chi connectivity index (χ2v) is 6.11. The molecule has 1 saturated heterocycles. The van der Waals surface area contributed by atoms with E-state index in [2.05, 4.69) is 48.3 Å². The van der Waals surface area contributed by atoms with Crippen molar-refractivity contribution in [3.63, 3.8) is 0 Å². The minimum atomic E-state index is 0.985. The van der Waals surface area contributed by atoms with Gasteiger partial charge in [0.1, 0.15) is 0 Å². The highest BCUT2D eigenvalue weighted by Crippen LogP contribution is 2.22. The zero-order valence-corrected chi connectivity index (χ0v) is 13.2. The van der Waals surface area contributed by atoms with Gasteiger partial charge in [0.05, 0.1) is 0 Å². The molecule has 1 aliphatic rings. The molecule has 0 amide bonds. The average Bonchev–Trinajstić information content (AvgIpc) is 2.49. The first-order valence-corrected chi connectivity index (χ1v) is 8.32. The molecule has 0 unspecified atom stereocenters. The van der Waals surface area contributed by atoms with Gasteiger partial charge in [-0.3, -0.25) is 4.90 Å². The van der Waals surface area contributed by atoms with Crippen molar-refractivity contribution in [1.82, 2.24) is 10.2 Å². The van der Waals surface area contributed by atoms with E-state index in [0.717, 1.165) is 25.6 Å². The molecule has 112 valence electrons. The minimum Gasteiger partial charge on any atom is -0.313 e. The van der Waals surface area contributed by atoms with Gasteiger partial charge < -0.3 is 5.32 Å². The van der Waals surface area contributed by atoms with E-state index in [1.54, 1.807) is 0 Å². The average molecular weight is 274 g/mol. The van der Waals surface area contributed by atoms with Crippen LogP contribution in [-0.4, -0.2) is 24.5 Å². The van der Waals surface area contributed by atoms with E-state index in [0.29, 0.717) is 0 Å². The van der Waals surface area contributed by atoms with E-state index in [9.17, 15) is 0 Å². The van der Waals surface area contributed by atoms with Gasteiger partial charge in [0, 0.05) is 13.1 Å². The van der Waals surface area contributed by atoms with Crippen molar-refractivity contribution in [2.45, 2.75) is 52.6 Å². The third-order valence-electron chi connectivity index (χ3n) is 4.41. The molecule has 2 heteroatoms. The summed E-state index contributed by atoms with van der Waals surface area (Å²) in [5.41, 5.74) is 2.84. The van der Waals surface area contributed by atoms with Gasteiger partial charge in [0.25, 0.3) is 0 Å². The third kappa shape index (κ3) is 4.92. The predicted molar refractivity (Wildman–Crippen MR) is 86.7 cm³/mol. The number of benzene rings is 1. The number of nitrogens with zero attached hydrogens (tertiary/aromatic N) is 1. The van der Waals surface area contributed by atoms with Crippen molar-refractivity contribution in [2.24, 2.45) is 5.92 Å². The maximum atomic E-state index is 3.37. The van der Waals surface area contributed by atoms with Crippen LogP contribution in [0.5, 0.6) is 0 Å². The molecule has 1 heterocycles. The van der Waals surface area contributed by atoms with Crippen molar-refractivity contribution in [2.75, 3.05) is 19.6 Å². The largest absolute Gasteiger partial charge is 0.313 e. The van der Waals surface area contributed by atoms with Crippen LogP contribution in [0.4, 0.5) is 0 Å². The van der Waals surface area contributed by atoms with Crippen LogP contribution in [0.25, 0.3) is 0 Å². The van der Waals surface area contributed by atoms with Crippen molar-refractivity contribution >= 4 is 0 Å². The zero-order valence-electron chi connectivity index (χ0n) is 13.2. The molecule has 0 bridgehead atoms. The summed E-state index contributed by atoms with van der Waals surface area (Å²) in [7, 11) is 0. The highest BCUT2D eigenvalue weighted by Gasteiger charge is 2.18. The van der Waals surface area contributed by atoms with Gasteiger partial charge in [-0.2, -0.15) is 0 Å². The number of nitrogens with one attached hydrogen (secondary N) is 1. The fraction of sp³-hybridized carbons (Fsp3) is 0.667. The van der Waals surface area contributed by atoms with E-state index >= 15 is 0 Å². The Morgan fingerprint density at radius 1 is 1.05 bits per heavy atom. The molecule has 1 aromatic carbocycles. The fourth-order valence-electron chi connectivity index (χ4n) is 3.13. The van der Waals surface area contributed by atoms with Crippen LogP contribution in [0.1, 0.15) is 50.7 Å². The SMILES string of the molecule is CCCC1CCN(Cc2ccc(CNCC)cc2)CC1. The number of likely N-dealkylation sites (tertiary alicyclic amines) is 1. The topological polar surface area (TPSA) is 15.3 Å². The summed E-state index contributed by atoms with van der Waals surface area (Å²) >= 11 is 0. The van der Waals surface area contributed by atoms with Crippen LogP contribution in [-0.2, 0) is 13.1 Å². The molecule has 2 rings (SSSR count). The van der Waals surface area contributed by atoms with Gasteiger partial charge >= 0.3 is 0 Å². The highest BCUT2D eigenvalue weighted by molar-refractivity contribution is 5.22. The number of piperidine rings is 1. The molecule has 0 spiro atoms. The zero-order chi connectivity index (χ0) is 14.2. The first-order valence-electron chi connectivity index (χ1n) is 8.32. The first-order chi connectivity index (χ1) is 9.81. The van der Waals surface area contributed by atoms with Gasteiger partial charge in [-0.1, -0.05) is 51.0 Å². The Morgan fingerprint density at radius 2 is 1.70 bits per heavy atom. The summed E-state index contributed by atoms with van der Waals surface area (Å²) in [6.45, 7) is 10.2. The maximum absolute atomic E-state index is 3.37. The Hall–Kier alpha value is -0.860. The summed E-state index contributed by atoms with van der Waals surface area (Å²) in [5.74, 6) is 0.985. The molecule has 0 atom stereocenters. The molecule has 0 aliphatic carbocycles. The third-order valence-corrected chi connectivity index (χ3v) is 4.41. The highest BCUT2D eigenvalue weighted by atomic mass is 15.1. The molecule has 1 fully saturated rings. The second kappa shape index (κ2) is 8.43. The summed E-state index contributed by atoms with van der Waals surface area (Å²) in [4.78, 5) is 2.62. The summed E-state index contributed by atoms with van der Waals surface area (Å²) in [6.07, 6.45) is 5.56. The van der Waals surface area contributed by atoms with E-state index in [4.69, 9.17) is 0 Å². The maximum Gasteiger partial charge on any atom is 0.0233 e. The lowest BCUT2D eigenvalue weighted by molar-refractivity contribution is 0.172. The molecule has 20 heavy (non-hydrogen) atoms. The lowest BCUT2D eigenvalue weighted by Gasteiger charge is -2.31. The lowest BCUT2D eigenvalue weighted by Crippen LogP contribution is -2.33. The Kier molecular flexibility index (Phi) is 6.55. The molecule has 1 aliphatic heterocycles. The molecule has 0 aromatic heterocycles. The summed E-state index contributed by atoms with van der Waals surface area (Å²) in [5, 5.41) is 3.37. The van der Waals surface area contributed by atoms with Gasteiger partial charge in [-0.25, -0.2) is 0 Å². The van der Waals surface area contributed by atoms with Crippen LogP contribution < -0.4 is 5.32 Å². The summed E-state index contributed by atoms with van der Waals surface area (Å²) in [6, 6.07) is 9.12. The molecule has 0 saturated carbocycles. The molecular formula is C18H30N2. The Bertz CT molecular complexity index is 364. The van der Waals surface area contributed by atoms with Crippen LogP contribution in [0.15, 0.2) is 24.3 Å². The van der Waals surface area contributed by atoms with Crippen molar-refractivity contribution in [1.29, 1.82) is 0 Å². The minimum absolute atomic E-state index is 0.985. The van der Waals surface area contributed by atoms with Crippen molar-refractivity contribution in [3.8, 4) is 0 Å². The summed E-state index contributed by atoms with van der Waals surface area (Å²) < 4.78 is 0. The monoisotopic (exact) mass is 274 g/mol. The van der Waals surface area contributed by atoms with E-state index < -0.39 is 0 Å². The van der Waals surface area contributed by atoms with Gasteiger partial charge in [0.2, 0.25) is 0 Å². The molecular weight excluding hydrogens is 244 g/mol. The second-order valence-electron chi connectivity index (χ2n) is 6.11. The fourth-order valence-corrected chi connectivity index (χ4v) is 3.13. The van der Waals surface area contributed by atoms with Crippen LogP contribution in [0, 0.1) is 5.92 Å². The van der Waals surface area contributed by atoms with Crippen LogP contribution in [0.2, 0.25) is 0 Å². The molecule has 0 radical (unpaired) electrons. The predicted octanol–water partition coefficient (Wildman–Crippen LogP) is 3.81. The lowest BCUT2D eigenvalue weighted by atomic mass is 9.92.